The highest BCUT2D eigenvalue weighted by molar-refractivity contribution is 5.94. The summed E-state index contributed by atoms with van der Waals surface area (Å²) in [5.74, 6) is -1.19. The Morgan fingerprint density at radius 3 is 2.67 bits per heavy atom. The van der Waals surface area contributed by atoms with Gasteiger partial charge in [0.25, 0.3) is 5.91 Å². The molecule has 3 heterocycles. The minimum absolute atomic E-state index is 0.00615. The highest BCUT2D eigenvalue weighted by Crippen LogP contribution is 2.24. The predicted octanol–water partition coefficient (Wildman–Crippen LogP) is 2.14. The van der Waals surface area contributed by atoms with Crippen molar-refractivity contribution in [1.29, 1.82) is 0 Å². The first-order valence-corrected chi connectivity index (χ1v) is 8.35. The number of amides is 1. The summed E-state index contributed by atoms with van der Waals surface area (Å²) in [6, 6.07) is 5.85. The molecule has 138 valence electrons. The van der Waals surface area contributed by atoms with Crippen molar-refractivity contribution in [2.45, 2.75) is 19.9 Å². The number of fused-ring (bicyclic) bond motifs is 1. The van der Waals surface area contributed by atoms with Gasteiger partial charge in [0.15, 0.2) is 5.69 Å². The van der Waals surface area contributed by atoms with Gasteiger partial charge in [-0.15, -0.1) is 0 Å². The van der Waals surface area contributed by atoms with Gasteiger partial charge in [0, 0.05) is 23.4 Å². The van der Waals surface area contributed by atoms with Crippen LogP contribution in [0.15, 0.2) is 24.3 Å². The van der Waals surface area contributed by atoms with Crippen molar-refractivity contribution >= 4 is 11.9 Å². The van der Waals surface area contributed by atoms with E-state index in [1.54, 1.807) is 24.0 Å². The molecule has 1 aliphatic heterocycles. The molecule has 0 unspecified atom stereocenters. The quantitative estimate of drug-likeness (QED) is 0.654. The number of nitrogens with one attached hydrogen (secondary N) is 2. The van der Waals surface area contributed by atoms with Crippen LogP contribution in [0, 0.1) is 12.7 Å². The molecule has 8 nitrogen and oxygen atoms in total. The summed E-state index contributed by atoms with van der Waals surface area (Å²) in [6.45, 7) is 2.37. The molecule has 1 aromatic carbocycles. The number of hydrogen-bond donors (Lipinski definition) is 3. The third-order valence-electron chi connectivity index (χ3n) is 4.63. The van der Waals surface area contributed by atoms with Crippen LogP contribution in [-0.4, -0.2) is 48.6 Å². The van der Waals surface area contributed by atoms with Crippen molar-refractivity contribution in [1.82, 2.24) is 25.1 Å². The molecule has 1 amide bonds. The minimum atomic E-state index is -1.08. The monoisotopic (exact) mass is 369 g/mol. The van der Waals surface area contributed by atoms with E-state index in [-0.39, 0.29) is 29.7 Å². The van der Waals surface area contributed by atoms with E-state index in [1.165, 1.54) is 12.1 Å². The van der Waals surface area contributed by atoms with Gasteiger partial charge in [-0.05, 0) is 37.6 Å². The average molecular weight is 369 g/mol. The van der Waals surface area contributed by atoms with Gasteiger partial charge in [-0.3, -0.25) is 9.89 Å². The second kappa shape index (κ2) is 6.35. The number of aryl methyl sites for hydroxylation is 1. The molecule has 0 spiro atoms. The molecule has 0 bridgehead atoms. The van der Waals surface area contributed by atoms with Crippen molar-refractivity contribution in [3.63, 3.8) is 0 Å². The Hall–Kier alpha value is -3.49. The number of carbonyl (C=O) groups is 2. The van der Waals surface area contributed by atoms with E-state index < -0.39 is 5.97 Å². The van der Waals surface area contributed by atoms with Crippen LogP contribution in [-0.2, 0) is 13.0 Å². The van der Waals surface area contributed by atoms with Crippen molar-refractivity contribution in [3.05, 3.63) is 58.4 Å². The topological polar surface area (TPSA) is 115 Å². The Morgan fingerprint density at radius 2 is 1.96 bits per heavy atom. The molecule has 2 aromatic heterocycles. The fraction of sp³-hybridized carbons (Fsp3) is 0.222. The maximum atomic E-state index is 13.1. The summed E-state index contributed by atoms with van der Waals surface area (Å²) in [7, 11) is 0. The minimum Gasteiger partial charge on any atom is -0.476 e. The molecule has 0 saturated heterocycles. The van der Waals surface area contributed by atoms with Crippen LogP contribution >= 0.6 is 0 Å². The highest BCUT2D eigenvalue weighted by atomic mass is 19.1. The summed E-state index contributed by atoms with van der Waals surface area (Å²) in [4.78, 5) is 33.1. The second-order valence-electron chi connectivity index (χ2n) is 6.38. The smallest absolute Gasteiger partial charge is 0.356 e. The number of rotatable bonds is 3. The third-order valence-corrected chi connectivity index (χ3v) is 4.63. The van der Waals surface area contributed by atoms with E-state index >= 15 is 0 Å². The number of carboxylic acid groups (broad SMARTS) is 1. The van der Waals surface area contributed by atoms with Crippen molar-refractivity contribution in [2.24, 2.45) is 0 Å². The van der Waals surface area contributed by atoms with Crippen LogP contribution in [0.4, 0.5) is 4.39 Å². The van der Waals surface area contributed by atoms with Crippen LogP contribution in [0.3, 0.4) is 0 Å². The Labute approximate surface area is 153 Å². The van der Waals surface area contributed by atoms with E-state index in [9.17, 15) is 14.0 Å². The first-order valence-electron chi connectivity index (χ1n) is 8.35. The highest BCUT2D eigenvalue weighted by Gasteiger charge is 2.29. The molecular formula is C18H16FN5O3. The summed E-state index contributed by atoms with van der Waals surface area (Å²) < 4.78 is 13.1. The zero-order chi connectivity index (χ0) is 19.1. The summed E-state index contributed by atoms with van der Waals surface area (Å²) >= 11 is 0. The van der Waals surface area contributed by atoms with Crippen LogP contribution in [0.25, 0.3) is 11.4 Å². The zero-order valence-corrected chi connectivity index (χ0v) is 14.4. The number of aromatic amines is 2. The fourth-order valence-corrected chi connectivity index (χ4v) is 3.23. The van der Waals surface area contributed by atoms with Gasteiger partial charge < -0.3 is 15.0 Å². The van der Waals surface area contributed by atoms with E-state index in [1.807, 2.05) is 0 Å². The number of carboxylic acids is 1. The molecule has 0 fully saturated rings. The largest absolute Gasteiger partial charge is 0.476 e. The van der Waals surface area contributed by atoms with Gasteiger partial charge in [0.2, 0.25) is 0 Å². The normalized spacial score (nSPS) is 13.5. The number of H-pyrrole nitrogens is 2. The van der Waals surface area contributed by atoms with E-state index in [0.717, 1.165) is 0 Å². The fourth-order valence-electron chi connectivity index (χ4n) is 3.23. The van der Waals surface area contributed by atoms with E-state index in [0.29, 0.717) is 41.3 Å². The number of hydrogen-bond acceptors (Lipinski definition) is 4. The molecular weight excluding hydrogens is 353 g/mol. The van der Waals surface area contributed by atoms with Gasteiger partial charge in [0.05, 0.1) is 12.2 Å². The molecule has 3 aromatic rings. The number of aromatic nitrogens is 4. The zero-order valence-electron chi connectivity index (χ0n) is 14.4. The number of carbonyl (C=O) groups excluding carboxylic acids is 1. The molecule has 0 aliphatic carbocycles. The van der Waals surface area contributed by atoms with Gasteiger partial charge in [-0.25, -0.2) is 14.2 Å². The second-order valence-corrected chi connectivity index (χ2v) is 6.38. The van der Waals surface area contributed by atoms with E-state index in [2.05, 4.69) is 20.2 Å². The SMILES string of the molecule is Cc1[nH]c(-c2ccc(F)cc2)nc1C(=O)N1CCc2c(C(=O)O)n[nH]c2C1. The molecule has 27 heavy (non-hydrogen) atoms. The lowest BCUT2D eigenvalue weighted by atomic mass is 10.0. The lowest BCUT2D eigenvalue weighted by Crippen LogP contribution is -2.36. The van der Waals surface area contributed by atoms with Gasteiger partial charge >= 0.3 is 5.97 Å². The van der Waals surface area contributed by atoms with Crippen molar-refractivity contribution in [2.75, 3.05) is 6.54 Å². The van der Waals surface area contributed by atoms with Gasteiger partial charge in [-0.2, -0.15) is 5.10 Å². The van der Waals surface area contributed by atoms with Crippen LogP contribution in [0.1, 0.15) is 37.9 Å². The number of nitrogens with zero attached hydrogens (tertiary/aromatic N) is 3. The molecule has 1 aliphatic rings. The summed E-state index contributed by atoms with van der Waals surface area (Å²) in [5, 5.41) is 15.7. The first-order chi connectivity index (χ1) is 12.9. The number of aromatic carboxylic acids is 1. The molecule has 0 saturated carbocycles. The third kappa shape index (κ3) is 2.97. The van der Waals surface area contributed by atoms with Crippen LogP contribution in [0.2, 0.25) is 0 Å². The average Bonchev–Trinajstić information content (AvgIpc) is 3.25. The van der Waals surface area contributed by atoms with Crippen LogP contribution in [0.5, 0.6) is 0 Å². The van der Waals surface area contributed by atoms with Gasteiger partial charge in [0.1, 0.15) is 17.3 Å². The lowest BCUT2D eigenvalue weighted by molar-refractivity contribution is 0.0689. The number of halogens is 1. The standard InChI is InChI=1S/C18H16FN5O3/c1-9-14(21-16(20-9)10-2-4-11(19)5-3-10)17(25)24-7-6-12-13(8-24)22-23-15(12)18(26)27/h2-5H,6-8H2,1H3,(H,20,21)(H,22,23)(H,26,27). The maximum absolute atomic E-state index is 13.1. The Bertz CT molecular complexity index is 1040. The molecule has 3 N–H and O–H groups in total. The number of imidazole rings is 1. The first kappa shape index (κ1) is 17.0. The van der Waals surface area contributed by atoms with Crippen molar-refractivity contribution < 1.29 is 19.1 Å². The van der Waals surface area contributed by atoms with Crippen LogP contribution < -0.4 is 0 Å². The predicted molar refractivity (Wildman–Crippen MR) is 92.7 cm³/mol. The summed E-state index contributed by atoms with van der Waals surface area (Å²) in [6.07, 6.45) is 0.410. The molecule has 0 radical (unpaired) electrons. The Morgan fingerprint density at radius 1 is 1.22 bits per heavy atom. The maximum Gasteiger partial charge on any atom is 0.356 e. The molecule has 9 heteroatoms. The van der Waals surface area contributed by atoms with Crippen molar-refractivity contribution in [3.8, 4) is 11.4 Å². The Balaban J connectivity index is 1.58. The Kier molecular flexibility index (Phi) is 3.98. The van der Waals surface area contributed by atoms with Gasteiger partial charge in [-0.1, -0.05) is 0 Å². The molecule has 4 rings (SSSR count). The molecule has 0 atom stereocenters. The number of benzene rings is 1. The summed E-state index contributed by atoms with van der Waals surface area (Å²) in [5.41, 5.74) is 2.85. The lowest BCUT2D eigenvalue weighted by Gasteiger charge is -2.26. The van der Waals surface area contributed by atoms with E-state index in [4.69, 9.17) is 5.11 Å².